The number of fused-ring (bicyclic) bond motifs is 2. The molecule has 0 bridgehead atoms. The van der Waals surface area contributed by atoms with Gasteiger partial charge in [0.15, 0.2) is 10.3 Å². The summed E-state index contributed by atoms with van der Waals surface area (Å²) < 4.78 is 1.85. The number of rotatable bonds is 10. The maximum atomic E-state index is 10.5. The molecule has 43 heavy (non-hydrogen) atoms. The van der Waals surface area contributed by atoms with Crippen LogP contribution in [0.25, 0.3) is 20.4 Å². The normalized spacial score (nSPS) is 19.4. The third kappa shape index (κ3) is 6.90. The van der Waals surface area contributed by atoms with Crippen LogP contribution >= 0.6 is 34.4 Å². The Bertz CT molecular complexity index is 1580. The number of benzene rings is 2. The zero-order valence-corrected chi connectivity index (χ0v) is 27.1. The van der Waals surface area contributed by atoms with E-state index in [1.165, 1.54) is 73.6 Å². The van der Waals surface area contributed by atoms with Gasteiger partial charge < -0.3 is 20.6 Å². The minimum absolute atomic E-state index is 0.0251. The highest BCUT2D eigenvalue weighted by Crippen LogP contribution is 2.41. The highest BCUT2D eigenvalue weighted by Gasteiger charge is 2.28. The van der Waals surface area contributed by atoms with E-state index in [2.05, 4.69) is 76.5 Å². The number of aromatic nitrogens is 2. The Hall–Kier alpha value is -2.59. The summed E-state index contributed by atoms with van der Waals surface area (Å²) in [6.07, 6.45) is 21.9. The highest BCUT2D eigenvalue weighted by atomic mass is 32.2. The Morgan fingerprint density at radius 1 is 0.767 bits per heavy atom. The summed E-state index contributed by atoms with van der Waals surface area (Å²) in [6, 6.07) is 12.9. The van der Waals surface area contributed by atoms with Crippen molar-refractivity contribution in [3.05, 3.63) is 61.0 Å². The average Bonchev–Trinajstić information content (AvgIpc) is 3.67. The topological polar surface area (TPSA) is 73.3 Å². The monoisotopic (exact) mass is 631 g/mol. The van der Waals surface area contributed by atoms with Gasteiger partial charge in [-0.3, -0.25) is 0 Å². The van der Waals surface area contributed by atoms with Crippen LogP contribution in [0.15, 0.2) is 65.8 Å². The predicted octanol–water partition coefficient (Wildman–Crippen LogP) is 9.26. The van der Waals surface area contributed by atoms with E-state index in [1.807, 2.05) is 0 Å². The van der Waals surface area contributed by atoms with Gasteiger partial charge in [-0.2, -0.15) is 0 Å². The molecular formula is C34H41N5OS3. The Kier molecular flexibility index (Phi) is 8.93. The first kappa shape index (κ1) is 29.1. The van der Waals surface area contributed by atoms with Crippen LogP contribution in [0.5, 0.6) is 0 Å². The van der Waals surface area contributed by atoms with E-state index >= 15 is 0 Å². The van der Waals surface area contributed by atoms with Crippen LogP contribution < -0.4 is 15.5 Å². The largest absolute Gasteiger partial charge is 0.394 e. The maximum Gasteiger partial charge on any atom is 0.183 e. The molecule has 0 saturated heterocycles. The lowest BCUT2D eigenvalue weighted by Gasteiger charge is -2.30. The Labute approximate surface area is 266 Å². The molecule has 2 aromatic carbocycles. The van der Waals surface area contributed by atoms with Crippen molar-refractivity contribution in [1.29, 1.82) is 0 Å². The second kappa shape index (κ2) is 13.2. The van der Waals surface area contributed by atoms with Gasteiger partial charge in [-0.25, -0.2) is 9.97 Å². The second-order valence-electron chi connectivity index (χ2n) is 12.3. The summed E-state index contributed by atoms with van der Waals surface area (Å²) in [5, 5.41) is 19.7. The third-order valence-electron chi connectivity index (χ3n) is 9.15. The van der Waals surface area contributed by atoms with E-state index in [1.54, 1.807) is 34.4 Å². The van der Waals surface area contributed by atoms with Crippen molar-refractivity contribution < 1.29 is 5.11 Å². The van der Waals surface area contributed by atoms with E-state index in [0.29, 0.717) is 0 Å². The van der Waals surface area contributed by atoms with Crippen LogP contribution in [0, 0.1) is 11.8 Å². The average molecular weight is 632 g/mol. The molecule has 2 saturated carbocycles. The lowest BCUT2D eigenvalue weighted by molar-refractivity contribution is 0.285. The summed E-state index contributed by atoms with van der Waals surface area (Å²) >= 11 is 5.15. The van der Waals surface area contributed by atoms with Gasteiger partial charge in [-0.15, -0.1) is 11.8 Å². The van der Waals surface area contributed by atoms with Gasteiger partial charge >= 0.3 is 0 Å². The fraction of sp³-hybridized carbons (Fsp3) is 0.471. The fourth-order valence-corrected chi connectivity index (χ4v) is 9.52. The van der Waals surface area contributed by atoms with Crippen molar-refractivity contribution in [3.63, 3.8) is 0 Å². The van der Waals surface area contributed by atoms with Crippen LogP contribution in [0.1, 0.15) is 64.2 Å². The lowest BCUT2D eigenvalue weighted by Crippen LogP contribution is -2.29. The smallest absolute Gasteiger partial charge is 0.183 e. The van der Waals surface area contributed by atoms with Gasteiger partial charge in [-0.05, 0) is 86.1 Å². The molecule has 0 radical (unpaired) electrons. The number of nitrogens with one attached hydrogen (secondary N) is 2. The van der Waals surface area contributed by atoms with Gasteiger partial charge in [0.1, 0.15) is 0 Å². The molecule has 2 aliphatic carbocycles. The number of aliphatic hydroxyl groups is 1. The highest BCUT2D eigenvalue weighted by molar-refractivity contribution is 8.01. The molecule has 3 heterocycles. The minimum atomic E-state index is -0.512. The first-order valence-electron chi connectivity index (χ1n) is 15.9. The maximum absolute atomic E-state index is 10.5. The molecule has 1 aliphatic heterocycles. The number of hydrogen-bond donors (Lipinski definition) is 3. The van der Waals surface area contributed by atoms with Crippen LogP contribution in [0.3, 0.4) is 0 Å². The van der Waals surface area contributed by atoms with Crippen molar-refractivity contribution >= 4 is 70.8 Å². The van der Waals surface area contributed by atoms with E-state index in [-0.39, 0.29) is 6.61 Å². The molecule has 0 spiro atoms. The van der Waals surface area contributed by atoms with Crippen LogP contribution in [0.4, 0.5) is 16.0 Å². The van der Waals surface area contributed by atoms with Crippen LogP contribution in [-0.2, 0) is 0 Å². The minimum Gasteiger partial charge on any atom is -0.394 e. The first-order chi connectivity index (χ1) is 21.1. The summed E-state index contributed by atoms with van der Waals surface area (Å²) in [6.45, 7) is 2.08. The van der Waals surface area contributed by atoms with Gasteiger partial charge in [0.05, 0.1) is 31.8 Å². The molecule has 2 aromatic heterocycles. The number of thioether (sulfide) groups is 1. The number of aliphatic hydroxyl groups excluding tert-OH is 1. The van der Waals surface area contributed by atoms with Gasteiger partial charge in [0.25, 0.3) is 0 Å². The first-order valence-corrected chi connectivity index (χ1v) is 18.4. The zero-order valence-electron chi connectivity index (χ0n) is 24.6. The Morgan fingerprint density at radius 3 is 1.91 bits per heavy atom. The van der Waals surface area contributed by atoms with Crippen LogP contribution in [-0.4, -0.2) is 39.5 Å². The zero-order chi connectivity index (χ0) is 29.1. The summed E-state index contributed by atoms with van der Waals surface area (Å²) in [5.74, 6) is 1.55. The lowest BCUT2D eigenvalue weighted by atomic mass is 9.89. The van der Waals surface area contributed by atoms with Crippen molar-refractivity contribution in [2.75, 3.05) is 35.2 Å². The molecule has 3 aliphatic rings. The fourth-order valence-electron chi connectivity index (χ4n) is 6.55. The number of hydrogen-bond acceptors (Lipinski definition) is 9. The molecule has 0 amide bonds. The number of thiazole rings is 2. The molecular weight excluding hydrogens is 591 g/mol. The van der Waals surface area contributed by atoms with Crippen molar-refractivity contribution in [2.24, 2.45) is 11.8 Å². The van der Waals surface area contributed by atoms with Crippen molar-refractivity contribution in [2.45, 2.75) is 73.9 Å². The second-order valence-corrected chi connectivity index (χ2v) is 15.8. The molecule has 226 valence electrons. The van der Waals surface area contributed by atoms with Crippen molar-refractivity contribution in [1.82, 2.24) is 9.97 Å². The summed E-state index contributed by atoms with van der Waals surface area (Å²) in [7, 11) is 0. The molecule has 3 N–H and O–H groups in total. The summed E-state index contributed by atoms with van der Waals surface area (Å²) in [4.78, 5) is 12.9. The predicted molar refractivity (Wildman–Crippen MR) is 186 cm³/mol. The molecule has 0 atom stereocenters. The molecule has 9 heteroatoms. The molecule has 6 nitrogen and oxygen atoms in total. The van der Waals surface area contributed by atoms with Gasteiger partial charge in [0.2, 0.25) is 0 Å². The Balaban J connectivity index is 0.993. The third-order valence-corrected chi connectivity index (χ3v) is 12.4. The summed E-state index contributed by atoms with van der Waals surface area (Å²) in [5.41, 5.74) is 3.17. The SMILES string of the molecule is OCC1(Sc2ccc3nc(NCC4CCCCC4)sc3c2)C=CN(c2ccc3nc(NCC4CCCCC4)sc3c2)C=C1. The molecule has 7 rings (SSSR count). The van der Waals surface area contributed by atoms with Crippen LogP contribution in [0.2, 0.25) is 0 Å². The molecule has 4 aromatic rings. The molecule has 0 unspecified atom stereocenters. The van der Waals surface area contributed by atoms with E-state index in [4.69, 9.17) is 9.97 Å². The number of nitrogens with zero attached hydrogens (tertiary/aromatic N) is 3. The van der Waals surface area contributed by atoms with Gasteiger partial charge in [-0.1, -0.05) is 61.2 Å². The van der Waals surface area contributed by atoms with Crippen molar-refractivity contribution in [3.8, 4) is 0 Å². The van der Waals surface area contributed by atoms with E-state index in [0.717, 1.165) is 56.8 Å². The van der Waals surface area contributed by atoms with Gasteiger partial charge in [0, 0.05) is 36.1 Å². The van der Waals surface area contributed by atoms with E-state index < -0.39 is 4.75 Å². The molecule has 2 fully saturated rings. The number of anilines is 3. The Morgan fingerprint density at radius 2 is 1.33 bits per heavy atom. The quantitative estimate of drug-likeness (QED) is 0.161. The standard InChI is InChI=1S/C34H41N5OS3/c40-23-34(43-27-12-14-29-31(20-27)42-33(38-29)36-22-25-9-5-2-6-10-25)15-17-39(18-16-34)26-11-13-28-30(19-26)41-32(37-28)35-21-24-7-3-1-4-8-24/h11-20,24-25,40H,1-10,21-23H2,(H,35,37)(H,36,38). The van der Waals surface area contributed by atoms with E-state index in [9.17, 15) is 5.11 Å².